The minimum absolute atomic E-state index is 0.169. The second-order valence-corrected chi connectivity index (χ2v) is 3.49. The number of nitriles is 1. The summed E-state index contributed by atoms with van der Waals surface area (Å²) in [6.07, 6.45) is 1.56. The third-order valence-electron chi connectivity index (χ3n) is 2.34. The van der Waals surface area contributed by atoms with Gasteiger partial charge in [0, 0.05) is 18.0 Å². The summed E-state index contributed by atoms with van der Waals surface area (Å²) >= 11 is 0. The highest BCUT2D eigenvalue weighted by Crippen LogP contribution is 2.23. The molecule has 1 aromatic heterocycles. The molecule has 0 amide bonds. The molecule has 0 aliphatic heterocycles. The van der Waals surface area contributed by atoms with E-state index in [1.807, 2.05) is 6.07 Å². The number of hydrogen-bond donors (Lipinski definition) is 1. The molecule has 0 unspecified atom stereocenters. The smallest absolute Gasteiger partial charge is 0.167 e. The van der Waals surface area contributed by atoms with Crippen LogP contribution in [-0.4, -0.2) is 12.1 Å². The van der Waals surface area contributed by atoms with Gasteiger partial charge < -0.3 is 10.1 Å². The maximum atomic E-state index is 13.5. The molecular weight excluding hydrogens is 233 g/mol. The zero-order valence-electron chi connectivity index (χ0n) is 9.64. The monoisotopic (exact) mass is 243 g/mol. The van der Waals surface area contributed by atoms with Gasteiger partial charge in [-0.1, -0.05) is 0 Å². The predicted molar refractivity (Wildman–Crippen MR) is 65.2 cm³/mol. The van der Waals surface area contributed by atoms with Crippen molar-refractivity contribution in [1.29, 1.82) is 5.26 Å². The average Bonchev–Trinajstić information content (AvgIpc) is 2.39. The van der Waals surface area contributed by atoms with Gasteiger partial charge in [0.2, 0.25) is 0 Å². The van der Waals surface area contributed by atoms with Crippen LogP contribution < -0.4 is 10.1 Å². The fraction of sp³-hybridized carbons (Fsp3) is 0.0769. The highest BCUT2D eigenvalue weighted by Gasteiger charge is 2.06. The van der Waals surface area contributed by atoms with Crippen molar-refractivity contribution >= 4 is 11.5 Å². The van der Waals surface area contributed by atoms with Crippen molar-refractivity contribution in [3.63, 3.8) is 0 Å². The SMILES string of the molecule is COc1ccc(Nc2ncccc2C#N)cc1F. The first-order valence-corrected chi connectivity index (χ1v) is 5.20. The van der Waals surface area contributed by atoms with Crippen molar-refractivity contribution in [2.45, 2.75) is 0 Å². The van der Waals surface area contributed by atoms with E-state index in [-0.39, 0.29) is 5.75 Å². The van der Waals surface area contributed by atoms with Crippen LogP contribution in [-0.2, 0) is 0 Å². The molecule has 1 N–H and O–H groups in total. The molecule has 2 aromatic rings. The second-order valence-electron chi connectivity index (χ2n) is 3.49. The number of rotatable bonds is 3. The van der Waals surface area contributed by atoms with E-state index >= 15 is 0 Å². The van der Waals surface area contributed by atoms with Gasteiger partial charge in [-0.15, -0.1) is 0 Å². The lowest BCUT2D eigenvalue weighted by molar-refractivity contribution is 0.386. The van der Waals surface area contributed by atoms with E-state index in [0.29, 0.717) is 17.1 Å². The van der Waals surface area contributed by atoms with E-state index in [1.54, 1.807) is 24.4 Å². The first kappa shape index (κ1) is 11.9. The summed E-state index contributed by atoms with van der Waals surface area (Å²) < 4.78 is 18.3. The van der Waals surface area contributed by atoms with E-state index in [9.17, 15) is 4.39 Å². The highest BCUT2D eigenvalue weighted by molar-refractivity contribution is 5.63. The number of nitrogens with zero attached hydrogens (tertiary/aromatic N) is 2. The molecular formula is C13H10FN3O. The number of ether oxygens (including phenoxy) is 1. The lowest BCUT2D eigenvalue weighted by atomic mass is 10.2. The first-order chi connectivity index (χ1) is 8.74. The van der Waals surface area contributed by atoms with Gasteiger partial charge in [0.15, 0.2) is 11.6 Å². The van der Waals surface area contributed by atoms with Gasteiger partial charge in [0.25, 0.3) is 0 Å². The van der Waals surface area contributed by atoms with Crippen molar-refractivity contribution in [3.05, 3.63) is 47.9 Å². The number of hydrogen-bond acceptors (Lipinski definition) is 4. The standard InChI is InChI=1S/C13H10FN3O/c1-18-12-5-4-10(7-11(12)14)17-13-9(8-15)3-2-6-16-13/h2-7H,1H3,(H,16,17). The van der Waals surface area contributed by atoms with Crippen LogP contribution in [0.4, 0.5) is 15.9 Å². The predicted octanol–water partition coefficient (Wildman–Crippen LogP) is 2.84. The Balaban J connectivity index is 2.29. The van der Waals surface area contributed by atoms with Gasteiger partial charge in [-0.2, -0.15) is 5.26 Å². The molecule has 2 rings (SSSR count). The summed E-state index contributed by atoms with van der Waals surface area (Å²) in [5, 5.41) is 11.8. The van der Waals surface area contributed by atoms with Crippen LogP contribution in [0.2, 0.25) is 0 Å². The average molecular weight is 243 g/mol. The fourth-order valence-electron chi connectivity index (χ4n) is 1.48. The van der Waals surface area contributed by atoms with Gasteiger partial charge in [-0.3, -0.25) is 0 Å². The van der Waals surface area contributed by atoms with Gasteiger partial charge in [-0.05, 0) is 24.3 Å². The number of aromatic nitrogens is 1. The molecule has 90 valence electrons. The zero-order chi connectivity index (χ0) is 13.0. The molecule has 5 heteroatoms. The van der Waals surface area contributed by atoms with Crippen molar-refractivity contribution < 1.29 is 9.13 Å². The molecule has 0 radical (unpaired) electrons. The fourth-order valence-corrected chi connectivity index (χ4v) is 1.48. The second kappa shape index (κ2) is 5.15. The molecule has 0 bridgehead atoms. The minimum atomic E-state index is -0.475. The molecule has 0 fully saturated rings. The Kier molecular flexibility index (Phi) is 3.39. The number of benzene rings is 1. The number of nitrogens with one attached hydrogen (secondary N) is 1. The Labute approximate surface area is 104 Å². The number of halogens is 1. The Morgan fingerprint density at radius 1 is 1.39 bits per heavy atom. The Morgan fingerprint density at radius 3 is 2.89 bits per heavy atom. The van der Waals surface area contributed by atoms with Crippen molar-refractivity contribution in [3.8, 4) is 11.8 Å². The van der Waals surface area contributed by atoms with Crippen LogP contribution >= 0.6 is 0 Å². The van der Waals surface area contributed by atoms with E-state index in [2.05, 4.69) is 10.3 Å². The summed E-state index contributed by atoms with van der Waals surface area (Å²) in [5.41, 5.74) is 0.900. The van der Waals surface area contributed by atoms with Gasteiger partial charge in [-0.25, -0.2) is 9.37 Å². The Hall–Kier alpha value is -2.61. The first-order valence-electron chi connectivity index (χ1n) is 5.20. The third-order valence-corrected chi connectivity index (χ3v) is 2.34. The van der Waals surface area contributed by atoms with E-state index < -0.39 is 5.82 Å². The molecule has 1 aromatic carbocycles. The summed E-state index contributed by atoms with van der Waals surface area (Å²) in [6, 6.07) is 9.75. The summed E-state index contributed by atoms with van der Waals surface area (Å²) in [7, 11) is 1.40. The quantitative estimate of drug-likeness (QED) is 0.900. The van der Waals surface area contributed by atoms with Crippen LogP contribution in [0, 0.1) is 17.1 Å². The van der Waals surface area contributed by atoms with E-state index in [1.165, 1.54) is 19.2 Å². The van der Waals surface area contributed by atoms with E-state index in [4.69, 9.17) is 10.00 Å². The minimum Gasteiger partial charge on any atom is -0.494 e. The van der Waals surface area contributed by atoms with Gasteiger partial charge in [0.05, 0.1) is 12.7 Å². The molecule has 0 saturated heterocycles. The molecule has 0 saturated carbocycles. The van der Waals surface area contributed by atoms with Crippen LogP contribution in [0.3, 0.4) is 0 Å². The zero-order valence-corrected chi connectivity index (χ0v) is 9.64. The molecule has 0 aliphatic rings. The Bertz CT molecular complexity index is 607. The molecule has 0 spiro atoms. The third kappa shape index (κ3) is 2.38. The lowest BCUT2D eigenvalue weighted by Gasteiger charge is -2.08. The van der Waals surface area contributed by atoms with Gasteiger partial charge in [0.1, 0.15) is 11.9 Å². The number of methoxy groups -OCH3 is 1. The van der Waals surface area contributed by atoms with Crippen LogP contribution in [0.1, 0.15) is 5.56 Å². The summed E-state index contributed by atoms with van der Waals surface area (Å²) in [5.74, 6) is 0.0867. The van der Waals surface area contributed by atoms with Gasteiger partial charge >= 0.3 is 0 Å². The normalized spacial score (nSPS) is 9.61. The van der Waals surface area contributed by atoms with Crippen molar-refractivity contribution in [1.82, 2.24) is 4.98 Å². The molecule has 0 atom stereocenters. The van der Waals surface area contributed by atoms with Crippen molar-refractivity contribution in [2.75, 3.05) is 12.4 Å². The Morgan fingerprint density at radius 2 is 2.22 bits per heavy atom. The van der Waals surface area contributed by atoms with Crippen molar-refractivity contribution in [2.24, 2.45) is 0 Å². The number of anilines is 2. The van der Waals surface area contributed by atoms with Crippen LogP contribution in [0.25, 0.3) is 0 Å². The maximum Gasteiger partial charge on any atom is 0.167 e. The lowest BCUT2D eigenvalue weighted by Crippen LogP contribution is -1.97. The topological polar surface area (TPSA) is 57.9 Å². The summed E-state index contributed by atoms with van der Waals surface area (Å²) in [4.78, 5) is 4.03. The largest absolute Gasteiger partial charge is 0.494 e. The molecule has 18 heavy (non-hydrogen) atoms. The number of pyridine rings is 1. The van der Waals surface area contributed by atoms with Crippen LogP contribution in [0.5, 0.6) is 5.75 Å². The van der Waals surface area contributed by atoms with Crippen LogP contribution in [0.15, 0.2) is 36.5 Å². The summed E-state index contributed by atoms with van der Waals surface area (Å²) in [6.45, 7) is 0. The molecule has 1 heterocycles. The molecule has 0 aliphatic carbocycles. The highest BCUT2D eigenvalue weighted by atomic mass is 19.1. The maximum absolute atomic E-state index is 13.5. The van der Waals surface area contributed by atoms with E-state index in [0.717, 1.165) is 0 Å². The molecule has 4 nitrogen and oxygen atoms in total.